The van der Waals surface area contributed by atoms with Crippen molar-refractivity contribution >= 4 is 29.5 Å². The van der Waals surface area contributed by atoms with Crippen molar-refractivity contribution in [2.75, 3.05) is 0 Å². The number of nitrogens with two attached hydrogens (primary N) is 1. The molecule has 0 bridgehead atoms. The third-order valence-corrected chi connectivity index (χ3v) is 2.31. The molecule has 0 saturated carbocycles. The summed E-state index contributed by atoms with van der Waals surface area (Å²) < 4.78 is 0. The Morgan fingerprint density at radius 2 is 2.25 bits per heavy atom. The standard InChI is InChI=1S/C10H8ClN3O2/c11-6-2-1-5(4-8(6)15)3-7-9(16)14-10(12)13-7/h1-4,15H,(H3,12,13,14,16)/b7-3-. The maximum absolute atomic E-state index is 11.3. The molecule has 16 heavy (non-hydrogen) atoms. The molecule has 0 aromatic heterocycles. The van der Waals surface area contributed by atoms with Crippen LogP contribution in [0.2, 0.25) is 5.02 Å². The molecule has 2 rings (SSSR count). The van der Waals surface area contributed by atoms with E-state index in [0.29, 0.717) is 5.56 Å². The summed E-state index contributed by atoms with van der Waals surface area (Å²) in [4.78, 5) is 15.1. The van der Waals surface area contributed by atoms with Crippen LogP contribution < -0.4 is 11.1 Å². The number of hydrogen-bond acceptors (Lipinski definition) is 4. The molecule has 5 nitrogen and oxygen atoms in total. The Hall–Kier alpha value is -2.01. The summed E-state index contributed by atoms with van der Waals surface area (Å²) in [6, 6.07) is 4.63. The van der Waals surface area contributed by atoms with Crippen LogP contribution in [0.1, 0.15) is 5.56 Å². The molecule has 0 fully saturated rings. The van der Waals surface area contributed by atoms with E-state index in [4.69, 9.17) is 17.3 Å². The van der Waals surface area contributed by atoms with Crippen LogP contribution in [0.5, 0.6) is 5.75 Å². The number of nitrogens with zero attached hydrogens (tertiary/aromatic N) is 1. The van der Waals surface area contributed by atoms with E-state index in [-0.39, 0.29) is 28.3 Å². The minimum atomic E-state index is -0.369. The predicted molar refractivity (Wildman–Crippen MR) is 60.9 cm³/mol. The van der Waals surface area contributed by atoms with Crippen molar-refractivity contribution in [3.05, 3.63) is 34.5 Å². The van der Waals surface area contributed by atoms with Crippen LogP contribution in [-0.4, -0.2) is 17.0 Å². The zero-order valence-corrected chi connectivity index (χ0v) is 8.82. The highest BCUT2D eigenvalue weighted by atomic mass is 35.5. The number of nitrogens with one attached hydrogen (secondary N) is 1. The minimum absolute atomic E-state index is 0.0497. The molecule has 0 atom stereocenters. The van der Waals surface area contributed by atoms with Gasteiger partial charge in [-0.1, -0.05) is 17.7 Å². The minimum Gasteiger partial charge on any atom is -0.506 e. The lowest BCUT2D eigenvalue weighted by molar-refractivity contribution is -0.115. The number of hydrogen-bond donors (Lipinski definition) is 3. The van der Waals surface area contributed by atoms with E-state index in [0.717, 1.165) is 0 Å². The van der Waals surface area contributed by atoms with Gasteiger partial charge in [0.2, 0.25) is 5.96 Å². The first-order valence-electron chi connectivity index (χ1n) is 4.42. The Morgan fingerprint density at radius 1 is 1.50 bits per heavy atom. The molecule has 0 radical (unpaired) electrons. The average molecular weight is 238 g/mol. The molecular formula is C10H8ClN3O2. The largest absolute Gasteiger partial charge is 0.506 e. The lowest BCUT2D eigenvalue weighted by Crippen LogP contribution is -2.30. The Balaban J connectivity index is 2.36. The van der Waals surface area contributed by atoms with Crippen molar-refractivity contribution in [1.29, 1.82) is 0 Å². The lowest BCUT2D eigenvalue weighted by atomic mass is 10.2. The number of guanidine groups is 1. The molecule has 1 aromatic rings. The molecule has 0 aliphatic carbocycles. The van der Waals surface area contributed by atoms with Crippen LogP contribution >= 0.6 is 11.6 Å². The van der Waals surface area contributed by atoms with Crippen LogP contribution in [0.4, 0.5) is 0 Å². The Labute approximate surface area is 96.2 Å². The van der Waals surface area contributed by atoms with E-state index in [1.807, 2.05) is 0 Å². The van der Waals surface area contributed by atoms with Gasteiger partial charge in [0.05, 0.1) is 5.02 Å². The fourth-order valence-corrected chi connectivity index (χ4v) is 1.38. The van der Waals surface area contributed by atoms with Crippen molar-refractivity contribution in [2.45, 2.75) is 0 Å². The van der Waals surface area contributed by atoms with Crippen molar-refractivity contribution in [1.82, 2.24) is 5.32 Å². The highest BCUT2D eigenvalue weighted by molar-refractivity contribution is 6.32. The van der Waals surface area contributed by atoms with E-state index in [1.54, 1.807) is 6.07 Å². The molecule has 0 saturated heterocycles. The number of carbonyl (C=O) groups excluding carboxylic acids is 1. The molecule has 0 spiro atoms. The monoisotopic (exact) mass is 237 g/mol. The molecule has 1 aliphatic rings. The van der Waals surface area contributed by atoms with Gasteiger partial charge >= 0.3 is 0 Å². The van der Waals surface area contributed by atoms with Crippen molar-refractivity contribution in [3.63, 3.8) is 0 Å². The highest BCUT2D eigenvalue weighted by Gasteiger charge is 2.17. The first-order valence-corrected chi connectivity index (χ1v) is 4.80. The van der Waals surface area contributed by atoms with Gasteiger partial charge in [-0.05, 0) is 23.8 Å². The molecule has 1 aliphatic heterocycles. The summed E-state index contributed by atoms with van der Waals surface area (Å²) in [6.45, 7) is 0. The van der Waals surface area contributed by atoms with Crippen LogP contribution in [0, 0.1) is 0 Å². The van der Waals surface area contributed by atoms with Crippen LogP contribution in [0.3, 0.4) is 0 Å². The maximum Gasteiger partial charge on any atom is 0.276 e. The Kier molecular flexibility index (Phi) is 2.54. The second-order valence-electron chi connectivity index (χ2n) is 3.19. The molecule has 4 N–H and O–H groups in total. The first-order chi connectivity index (χ1) is 7.56. The number of phenols is 1. The van der Waals surface area contributed by atoms with E-state index >= 15 is 0 Å². The number of rotatable bonds is 1. The Morgan fingerprint density at radius 3 is 2.81 bits per heavy atom. The molecular weight excluding hydrogens is 230 g/mol. The molecule has 1 amide bonds. The fraction of sp³-hybridized carbons (Fsp3) is 0. The highest BCUT2D eigenvalue weighted by Crippen LogP contribution is 2.25. The van der Waals surface area contributed by atoms with Crippen LogP contribution in [0.15, 0.2) is 28.9 Å². The van der Waals surface area contributed by atoms with Crippen LogP contribution in [0.25, 0.3) is 6.08 Å². The number of amides is 1. The summed E-state index contributed by atoms with van der Waals surface area (Å²) in [7, 11) is 0. The van der Waals surface area contributed by atoms with E-state index < -0.39 is 0 Å². The van der Waals surface area contributed by atoms with Gasteiger partial charge in [0.25, 0.3) is 5.91 Å². The van der Waals surface area contributed by atoms with Crippen molar-refractivity contribution < 1.29 is 9.90 Å². The third-order valence-electron chi connectivity index (χ3n) is 1.99. The van der Waals surface area contributed by atoms with E-state index in [2.05, 4.69) is 10.3 Å². The summed E-state index contributed by atoms with van der Waals surface area (Å²) in [5.74, 6) is -0.354. The van der Waals surface area contributed by atoms with E-state index in [1.165, 1.54) is 18.2 Å². The zero-order valence-electron chi connectivity index (χ0n) is 8.07. The van der Waals surface area contributed by atoms with Gasteiger partial charge in [-0.3, -0.25) is 10.1 Å². The van der Waals surface area contributed by atoms with Gasteiger partial charge in [0.15, 0.2) is 0 Å². The Bertz CT molecular complexity index is 523. The maximum atomic E-state index is 11.3. The number of phenolic OH excluding ortho intramolecular Hbond substituents is 1. The smallest absolute Gasteiger partial charge is 0.276 e. The van der Waals surface area contributed by atoms with Gasteiger partial charge < -0.3 is 10.8 Å². The molecule has 0 unspecified atom stereocenters. The molecule has 1 aromatic carbocycles. The summed E-state index contributed by atoms with van der Waals surface area (Å²) in [6.07, 6.45) is 1.51. The summed E-state index contributed by atoms with van der Waals surface area (Å²) in [5, 5.41) is 12.0. The normalized spacial score (nSPS) is 17.4. The van der Waals surface area contributed by atoms with Crippen LogP contribution in [-0.2, 0) is 4.79 Å². The summed E-state index contributed by atoms with van der Waals surface area (Å²) >= 11 is 5.65. The summed E-state index contributed by atoms with van der Waals surface area (Å²) in [5.41, 5.74) is 6.14. The number of halogens is 1. The fourth-order valence-electron chi connectivity index (χ4n) is 1.26. The number of carbonyl (C=O) groups is 1. The van der Waals surface area contributed by atoms with Gasteiger partial charge in [-0.2, -0.15) is 0 Å². The predicted octanol–water partition coefficient (Wildman–Crippen LogP) is 0.831. The van der Waals surface area contributed by atoms with Gasteiger partial charge in [0, 0.05) is 0 Å². The topological polar surface area (TPSA) is 87.7 Å². The zero-order chi connectivity index (χ0) is 11.7. The van der Waals surface area contributed by atoms with Gasteiger partial charge in [0.1, 0.15) is 11.4 Å². The lowest BCUT2D eigenvalue weighted by Gasteiger charge is -1.98. The number of aromatic hydroxyl groups is 1. The third kappa shape index (κ3) is 1.99. The van der Waals surface area contributed by atoms with Gasteiger partial charge in [-0.25, -0.2) is 4.99 Å². The van der Waals surface area contributed by atoms with Crippen molar-refractivity contribution in [2.24, 2.45) is 10.7 Å². The quantitative estimate of drug-likeness (QED) is 0.632. The number of aliphatic imine (C=N–C) groups is 1. The number of benzene rings is 1. The molecule has 6 heteroatoms. The van der Waals surface area contributed by atoms with E-state index in [9.17, 15) is 9.90 Å². The van der Waals surface area contributed by atoms with Crippen molar-refractivity contribution in [3.8, 4) is 5.75 Å². The second-order valence-corrected chi connectivity index (χ2v) is 3.60. The second kappa shape index (κ2) is 3.86. The molecule has 82 valence electrons. The average Bonchev–Trinajstić information content (AvgIpc) is 2.51. The van der Waals surface area contributed by atoms with Gasteiger partial charge in [-0.15, -0.1) is 0 Å². The first kappa shape index (κ1) is 10.5. The molecule has 1 heterocycles. The SMILES string of the molecule is NC1=N/C(=C\c2ccc(Cl)c(O)c2)C(=O)N1.